The summed E-state index contributed by atoms with van der Waals surface area (Å²) in [6.45, 7) is 0.416. The van der Waals surface area contributed by atoms with Crippen molar-refractivity contribution in [2.45, 2.75) is 6.42 Å². The minimum absolute atomic E-state index is 0.139. The van der Waals surface area contributed by atoms with Gasteiger partial charge in [-0.1, -0.05) is 0 Å². The zero-order chi connectivity index (χ0) is 11.3. The molecule has 0 atom stereocenters. The Morgan fingerprint density at radius 2 is 2.27 bits per heavy atom. The molecule has 0 spiro atoms. The molecule has 0 aliphatic carbocycles. The third-order valence-corrected chi connectivity index (χ3v) is 2.02. The molecule has 5 heteroatoms. The second kappa shape index (κ2) is 5.56. The third kappa shape index (κ3) is 3.40. The molecule has 82 valence electrons. The van der Waals surface area contributed by atoms with Gasteiger partial charge < -0.3 is 10.5 Å². The van der Waals surface area contributed by atoms with Gasteiger partial charge in [-0.25, -0.2) is 4.39 Å². The molecule has 1 amide bonds. The lowest BCUT2D eigenvalue weighted by Gasteiger charge is -2.05. The molecule has 0 radical (unpaired) electrons. The lowest BCUT2D eigenvalue weighted by Crippen LogP contribution is -2.13. The fourth-order valence-corrected chi connectivity index (χ4v) is 1.14. The van der Waals surface area contributed by atoms with E-state index in [4.69, 9.17) is 22.1 Å². The second-order valence-corrected chi connectivity index (χ2v) is 3.27. The van der Waals surface area contributed by atoms with Gasteiger partial charge in [-0.15, -0.1) is 11.6 Å². The lowest BCUT2D eigenvalue weighted by atomic mass is 10.2. The fraction of sp³-hybridized carbons (Fsp3) is 0.300. The quantitative estimate of drug-likeness (QED) is 0.622. The number of amides is 1. The average molecular weight is 232 g/mol. The van der Waals surface area contributed by atoms with E-state index in [2.05, 4.69) is 0 Å². The molecule has 15 heavy (non-hydrogen) atoms. The first-order valence-electron chi connectivity index (χ1n) is 4.43. The molecule has 0 heterocycles. The number of nitrogens with two attached hydrogens (primary N) is 1. The van der Waals surface area contributed by atoms with Crippen LogP contribution in [0.1, 0.15) is 16.8 Å². The van der Waals surface area contributed by atoms with Gasteiger partial charge in [0.15, 0.2) is 0 Å². The number of carbonyl (C=O) groups excluding carboxylic acids is 1. The van der Waals surface area contributed by atoms with Crippen LogP contribution in [0.25, 0.3) is 0 Å². The van der Waals surface area contributed by atoms with Crippen LogP contribution in [0.15, 0.2) is 18.2 Å². The van der Waals surface area contributed by atoms with E-state index in [9.17, 15) is 9.18 Å². The first-order chi connectivity index (χ1) is 7.15. The highest BCUT2D eigenvalue weighted by Gasteiger charge is 2.08. The van der Waals surface area contributed by atoms with Crippen LogP contribution in [0.2, 0.25) is 0 Å². The second-order valence-electron chi connectivity index (χ2n) is 2.90. The van der Waals surface area contributed by atoms with Gasteiger partial charge in [0.25, 0.3) is 5.91 Å². The molecular weight excluding hydrogens is 221 g/mol. The molecule has 0 aromatic heterocycles. The molecular formula is C10H11ClFNO2. The molecule has 0 unspecified atom stereocenters. The van der Waals surface area contributed by atoms with Crippen molar-refractivity contribution >= 4 is 17.5 Å². The first-order valence-corrected chi connectivity index (χ1v) is 4.96. The predicted molar refractivity (Wildman–Crippen MR) is 55.7 cm³/mol. The van der Waals surface area contributed by atoms with E-state index in [1.54, 1.807) is 0 Å². The van der Waals surface area contributed by atoms with Crippen LogP contribution in [-0.4, -0.2) is 18.4 Å². The van der Waals surface area contributed by atoms with Crippen molar-refractivity contribution < 1.29 is 13.9 Å². The summed E-state index contributed by atoms with van der Waals surface area (Å²) in [7, 11) is 0. The van der Waals surface area contributed by atoms with Gasteiger partial charge in [-0.2, -0.15) is 0 Å². The summed E-state index contributed by atoms with van der Waals surface area (Å²) in [5, 5.41) is 0. The smallest absolute Gasteiger partial charge is 0.251 e. The molecule has 0 fully saturated rings. The SMILES string of the molecule is NC(=O)c1ccc(OCCCCl)cc1F. The van der Waals surface area contributed by atoms with Gasteiger partial charge in [-0.3, -0.25) is 4.79 Å². The summed E-state index contributed by atoms with van der Waals surface area (Å²) in [5.74, 6) is -0.615. The Morgan fingerprint density at radius 1 is 1.53 bits per heavy atom. The van der Waals surface area contributed by atoms with Crippen molar-refractivity contribution in [1.82, 2.24) is 0 Å². The van der Waals surface area contributed by atoms with Gasteiger partial charge in [0.1, 0.15) is 11.6 Å². The van der Waals surface area contributed by atoms with E-state index in [1.807, 2.05) is 0 Å². The summed E-state index contributed by atoms with van der Waals surface area (Å²) < 4.78 is 18.4. The Balaban J connectivity index is 2.69. The number of primary amides is 1. The molecule has 2 N–H and O–H groups in total. The summed E-state index contributed by atoms with van der Waals surface area (Å²) in [6.07, 6.45) is 0.681. The monoisotopic (exact) mass is 231 g/mol. The van der Waals surface area contributed by atoms with E-state index >= 15 is 0 Å². The summed E-state index contributed by atoms with van der Waals surface area (Å²) in [4.78, 5) is 10.7. The standard InChI is InChI=1S/C10H11ClFNO2/c11-4-1-5-15-7-2-3-8(10(13)14)9(12)6-7/h2-3,6H,1,4-5H2,(H2,13,14). The van der Waals surface area contributed by atoms with Crippen LogP contribution < -0.4 is 10.5 Å². The molecule has 0 bridgehead atoms. The Hall–Kier alpha value is -1.29. The highest BCUT2D eigenvalue weighted by Crippen LogP contribution is 2.16. The number of halogens is 2. The highest BCUT2D eigenvalue weighted by molar-refractivity contribution is 6.17. The maximum atomic E-state index is 13.2. The summed E-state index contributed by atoms with van der Waals surface area (Å²) >= 11 is 5.45. The molecule has 0 saturated heterocycles. The number of benzene rings is 1. The molecule has 3 nitrogen and oxygen atoms in total. The molecule has 0 aliphatic rings. The van der Waals surface area contributed by atoms with Gasteiger partial charge in [0.2, 0.25) is 0 Å². The number of carbonyl (C=O) groups is 1. The predicted octanol–water partition coefficient (Wildman–Crippen LogP) is 1.93. The molecule has 1 aromatic rings. The zero-order valence-corrected chi connectivity index (χ0v) is 8.76. The Morgan fingerprint density at radius 3 is 2.80 bits per heavy atom. The first kappa shape index (κ1) is 11.8. The highest BCUT2D eigenvalue weighted by atomic mass is 35.5. The number of alkyl halides is 1. The van der Waals surface area contributed by atoms with Crippen molar-refractivity contribution in [1.29, 1.82) is 0 Å². The maximum absolute atomic E-state index is 13.2. The van der Waals surface area contributed by atoms with Crippen molar-refractivity contribution in [3.05, 3.63) is 29.6 Å². The third-order valence-electron chi connectivity index (χ3n) is 1.75. The van der Waals surface area contributed by atoms with E-state index in [0.29, 0.717) is 24.7 Å². The molecule has 0 saturated carbocycles. The Kier molecular flexibility index (Phi) is 4.37. The van der Waals surface area contributed by atoms with Gasteiger partial charge >= 0.3 is 0 Å². The number of hydrogen-bond acceptors (Lipinski definition) is 2. The topological polar surface area (TPSA) is 52.3 Å². The molecule has 0 aliphatic heterocycles. The van der Waals surface area contributed by atoms with Gasteiger partial charge in [0, 0.05) is 11.9 Å². The maximum Gasteiger partial charge on any atom is 0.251 e. The average Bonchev–Trinajstić information content (AvgIpc) is 2.17. The van der Waals surface area contributed by atoms with Crippen LogP contribution in [0, 0.1) is 5.82 Å². The normalized spacial score (nSPS) is 10.0. The van der Waals surface area contributed by atoms with E-state index in [0.717, 1.165) is 6.07 Å². The van der Waals surface area contributed by atoms with E-state index in [-0.39, 0.29) is 5.56 Å². The lowest BCUT2D eigenvalue weighted by molar-refractivity contribution is 0.0996. The Bertz CT molecular complexity index is 357. The zero-order valence-electron chi connectivity index (χ0n) is 8.00. The van der Waals surface area contributed by atoms with E-state index in [1.165, 1.54) is 12.1 Å². The molecule has 1 rings (SSSR count). The van der Waals surface area contributed by atoms with Crippen molar-refractivity contribution in [3.8, 4) is 5.75 Å². The van der Waals surface area contributed by atoms with Gasteiger partial charge in [0.05, 0.1) is 12.2 Å². The van der Waals surface area contributed by atoms with Crippen LogP contribution in [0.5, 0.6) is 5.75 Å². The van der Waals surface area contributed by atoms with Crippen LogP contribution >= 0.6 is 11.6 Å². The van der Waals surface area contributed by atoms with Crippen molar-refractivity contribution in [2.75, 3.05) is 12.5 Å². The largest absolute Gasteiger partial charge is 0.493 e. The minimum atomic E-state index is -0.792. The number of ether oxygens (including phenoxy) is 1. The van der Waals surface area contributed by atoms with E-state index < -0.39 is 11.7 Å². The van der Waals surface area contributed by atoms with Crippen molar-refractivity contribution in [3.63, 3.8) is 0 Å². The van der Waals surface area contributed by atoms with Crippen LogP contribution in [0.3, 0.4) is 0 Å². The fourth-order valence-electron chi connectivity index (χ4n) is 1.03. The summed E-state index contributed by atoms with van der Waals surface area (Å²) in [6, 6.07) is 3.93. The molecule has 1 aromatic carbocycles. The number of rotatable bonds is 5. The Labute approximate surface area is 92.0 Å². The minimum Gasteiger partial charge on any atom is -0.493 e. The number of hydrogen-bond donors (Lipinski definition) is 1. The van der Waals surface area contributed by atoms with Crippen molar-refractivity contribution in [2.24, 2.45) is 5.73 Å². The van der Waals surface area contributed by atoms with Crippen LogP contribution in [0.4, 0.5) is 4.39 Å². The van der Waals surface area contributed by atoms with Gasteiger partial charge in [-0.05, 0) is 18.6 Å². The van der Waals surface area contributed by atoms with Crippen LogP contribution in [-0.2, 0) is 0 Å². The summed E-state index contributed by atoms with van der Waals surface area (Å²) in [5.41, 5.74) is 4.81.